The van der Waals surface area contributed by atoms with Gasteiger partial charge in [0.1, 0.15) is 4.88 Å². The number of nitrogens with zero attached hydrogens (tertiary/aromatic N) is 1. The molecule has 0 spiro atoms. The van der Waals surface area contributed by atoms with Gasteiger partial charge in [0.05, 0.1) is 11.2 Å². The lowest BCUT2D eigenvalue weighted by atomic mass is 10.2. The third kappa shape index (κ3) is 3.91. The van der Waals surface area contributed by atoms with Crippen LogP contribution in [0.5, 0.6) is 0 Å². The highest BCUT2D eigenvalue weighted by atomic mass is 79.9. The third-order valence-corrected chi connectivity index (χ3v) is 4.17. The van der Waals surface area contributed by atoms with Crippen molar-refractivity contribution in [3.05, 3.63) is 16.1 Å². The van der Waals surface area contributed by atoms with Crippen molar-refractivity contribution < 1.29 is 4.79 Å². The van der Waals surface area contributed by atoms with Crippen LogP contribution in [0.1, 0.15) is 35.1 Å². The van der Waals surface area contributed by atoms with E-state index >= 15 is 0 Å². The van der Waals surface area contributed by atoms with Gasteiger partial charge in [0.15, 0.2) is 0 Å². The predicted molar refractivity (Wildman–Crippen MR) is 66.8 cm³/mol. The van der Waals surface area contributed by atoms with Gasteiger partial charge in [-0.1, -0.05) is 22.9 Å². The summed E-state index contributed by atoms with van der Waals surface area (Å²) in [5.74, 6) is -0.00852. The molecule has 1 heterocycles. The second-order valence-electron chi connectivity index (χ2n) is 3.32. The van der Waals surface area contributed by atoms with E-state index in [1.54, 1.807) is 5.51 Å². The standard InChI is InChI=1S/C10H15BrN2OS/c1-3-8(11)4-5-12-10(14)9-7(2)13-6-15-9/h6,8H,3-5H2,1-2H3,(H,12,14). The van der Waals surface area contributed by atoms with Gasteiger partial charge >= 0.3 is 0 Å². The Morgan fingerprint density at radius 2 is 2.47 bits per heavy atom. The van der Waals surface area contributed by atoms with Gasteiger partial charge in [-0.25, -0.2) is 4.98 Å². The summed E-state index contributed by atoms with van der Waals surface area (Å²) in [7, 11) is 0. The van der Waals surface area contributed by atoms with Crippen LogP contribution in [-0.2, 0) is 0 Å². The maximum atomic E-state index is 11.6. The molecule has 1 amide bonds. The number of carbonyl (C=O) groups excluding carboxylic acids is 1. The molecule has 1 aromatic rings. The van der Waals surface area contributed by atoms with Crippen LogP contribution in [-0.4, -0.2) is 22.3 Å². The molecule has 0 fully saturated rings. The number of aryl methyl sites for hydroxylation is 1. The molecule has 0 aliphatic heterocycles. The van der Waals surface area contributed by atoms with Gasteiger partial charge in [-0.3, -0.25) is 4.79 Å². The summed E-state index contributed by atoms with van der Waals surface area (Å²) in [5, 5.41) is 2.89. The second-order valence-corrected chi connectivity index (χ2v) is 5.47. The number of nitrogens with one attached hydrogen (secondary N) is 1. The van der Waals surface area contributed by atoms with E-state index in [-0.39, 0.29) is 5.91 Å². The molecule has 1 unspecified atom stereocenters. The number of halogens is 1. The van der Waals surface area contributed by atoms with Crippen molar-refractivity contribution in [3.8, 4) is 0 Å². The van der Waals surface area contributed by atoms with Crippen LogP contribution in [0, 0.1) is 6.92 Å². The number of hydrogen-bond acceptors (Lipinski definition) is 3. The van der Waals surface area contributed by atoms with Crippen LogP contribution in [0.15, 0.2) is 5.51 Å². The monoisotopic (exact) mass is 290 g/mol. The van der Waals surface area contributed by atoms with Crippen molar-refractivity contribution in [1.82, 2.24) is 10.3 Å². The molecule has 1 N–H and O–H groups in total. The number of aromatic nitrogens is 1. The summed E-state index contributed by atoms with van der Waals surface area (Å²) >= 11 is 4.92. The zero-order valence-electron chi connectivity index (χ0n) is 8.92. The van der Waals surface area contributed by atoms with Crippen LogP contribution < -0.4 is 5.32 Å². The fraction of sp³-hybridized carbons (Fsp3) is 0.600. The first-order valence-corrected chi connectivity index (χ1v) is 6.77. The first-order chi connectivity index (χ1) is 7.15. The highest BCUT2D eigenvalue weighted by Gasteiger charge is 2.11. The summed E-state index contributed by atoms with van der Waals surface area (Å²) < 4.78 is 0. The first kappa shape index (κ1) is 12.6. The molecular weight excluding hydrogens is 276 g/mol. The van der Waals surface area contributed by atoms with E-state index in [2.05, 4.69) is 33.2 Å². The zero-order chi connectivity index (χ0) is 11.3. The minimum Gasteiger partial charge on any atom is -0.351 e. The fourth-order valence-corrected chi connectivity index (χ4v) is 2.09. The topological polar surface area (TPSA) is 42.0 Å². The average Bonchev–Trinajstić information content (AvgIpc) is 2.64. The van der Waals surface area contributed by atoms with Gasteiger partial charge in [0.2, 0.25) is 0 Å². The SMILES string of the molecule is CCC(Br)CCNC(=O)c1scnc1C. The number of amides is 1. The van der Waals surface area contributed by atoms with Gasteiger partial charge in [-0.2, -0.15) is 0 Å². The number of alkyl halides is 1. The van der Waals surface area contributed by atoms with Crippen molar-refractivity contribution in [2.24, 2.45) is 0 Å². The molecule has 0 aliphatic rings. The highest BCUT2D eigenvalue weighted by Crippen LogP contribution is 2.12. The summed E-state index contributed by atoms with van der Waals surface area (Å²) in [6.45, 7) is 4.68. The summed E-state index contributed by atoms with van der Waals surface area (Å²) in [6, 6.07) is 0. The average molecular weight is 291 g/mol. The van der Waals surface area contributed by atoms with Crippen molar-refractivity contribution in [3.63, 3.8) is 0 Å². The normalized spacial score (nSPS) is 12.5. The van der Waals surface area contributed by atoms with Gasteiger partial charge in [0, 0.05) is 11.4 Å². The van der Waals surface area contributed by atoms with E-state index in [0.29, 0.717) is 11.4 Å². The molecule has 0 bridgehead atoms. The summed E-state index contributed by atoms with van der Waals surface area (Å²) in [6.07, 6.45) is 2.04. The molecule has 0 saturated heterocycles. The Morgan fingerprint density at radius 3 is 3.00 bits per heavy atom. The van der Waals surface area contributed by atoms with Crippen LogP contribution >= 0.6 is 27.3 Å². The maximum absolute atomic E-state index is 11.6. The van der Waals surface area contributed by atoms with Gasteiger partial charge in [-0.05, 0) is 19.8 Å². The molecule has 1 atom stereocenters. The maximum Gasteiger partial charge on any atom is 0.263 e. The van der Waals surface area contributed by atoms with E-state index in [9.17, 15) is 4.79 Å². The lowest BCUT2D eigenvalue weighted by Gasteiger charge is -2.07. The Balaban J connectivity index is 2.34. The molecule has 15 heavy (non-hydrogen) atoms. The molecule has 5 heteroatoms. The molecule has 0 aromatic carbocycles. The Kier molecular flexibility index (Phi) is 5.25. The molecule has 84 valence electrons. The third-order valence-electron chi connectivity index (χ3n) is 2.14. The van der Waals surface area contributed by atoms with Crippen molar-refractivity contribution in [1.29, 1.82) is 0 Å². The van der Waals surface area contributed by atoms with Crippen LogP contribution in [0.25, 0.3) is 0 Å². The molecule has 3 nitrogen and oxygen atoms in total. The molecule has 1 aromatic heterocycles. The Bertz CT molecular complexity index is 327. The predicted octanol–water partition coefficient (Wildman–Crippen LogP) is 2.74. The molecular formula is C10H15BrN2OS. The van der Waals surface area contributed by atoms with E-state index in [0.717, 1.165) is 23.4 Å². The van der Waals surface area contributed by atoms with Gasteiger partial charge < -0.3 is 5.32 Å². The smallest absolute Gasteiger partial charge is 0.263 e. The van der Waals surface area contributed by atoms with E-state index < -0.39 is 0 Å². The number of rotatable bonds is 5. The second kappa shape index (κ2) is 6.23. The minimum absolute atomic E-state index is 0.00852. The van der Waals surface area contributed by atoms with E-state index in [4.69, 9.17) is 0 Å². The highest BCUT2D eigenvalue weighted by molar-refractivity contribution is 9.09. The van der Waals surface area contributed by atoms with E-state index in [1.807, 2.05) is 6.92 Å². The Morgan fingerprint density at radius 1 is 1.73 bits per heavy atom. The van der Waals surface area contributed by atoms with Crippen LogP contribution in [0.4, 0.5) is 0 Å². The van der Waals surface area contributed by atoms with Gasteiger partial charge in [0.25, 0.3) is 5.91 Å². The van der Waals surface area contributed by atoms with Crippen molar-refractivity contribution in [2.75, 3.05) is 6.54 Å². The fourth-order valence-electron chi connectivity index (χ4n) is 1.15. The quantitative estimate of drug-likeness (QED) is 0.848. The number of hydrogen-bond donors (Lipinski definition) is 1. The minimum atomic E-state index is -0.00852. The molecule has 0 radical (unpaired) electrons. The lowest BCUT2D eigenvalue weighted by Crippen LogP contribution is -2.25. The number of thiazole rings is 1. The van der Waals surface area contributed by atoms with Crippen LogP contribution in [0.3, 0.4) is 0 Å². The first-order valence-electron chi connectivity index (χ1n) is 4.97. The van der Waals surface area contributed by atoms with Crippen LogP contribution in [0.2, 0.25) is 0 Å². The molecule has 0 aliphatic carbocycles. The Hall–Kier alpha value is -0.420. The molecule has 1 rings (SSSR count). The Labute approximate surface area is 102 Å². The van der Waals surface area contributed by atoms with Crippen molar-refractivity contribution in [2.45, 2.75) is 31.5 Å². The summed E-state index contributed by atoms with van der Waals surface area (Å²) in [5.41, 5.74) is 2.51. The lowest BCUT2D eigenvalue weighted by molar-refractivity contribution is 0.0956. The number of carbonyl (C=O) groups is 1. The van der Waals surface area contributed by atoms with Gasteiger partial charge in [-0.15, -0.1) is 11.3 Å². The summed E-state index contributed by atoms with van der Waals surface area (Å²) in [4.78, 5) is 16.9. The zero-order valence-corrected chi connectivity index (χ0v) is 11.3. The van der Waals surface area contributed by atoms with Crippen molar-refractivity contribution >= 4 is 33.2 Å². The van der Waals surface area contributed by atoms with E-state index in [1.165, 1.54) is 11.3 Å². The molecule has 0 saturated carbocycles. The largest absolute Gasteiger partial charge is 0.351 e.